The summed E-state index contributed by atoms with van der Waals surface area (Å²) in [6.07, 6.45) is 4.23. The summed E-state index contributed by atoms with van der Waals surface area (Å²) >= 11 is 0. The van der Waals surface area contributed by atoms with Crippen LogP contribution in [0.4, 0.5) is 0 Å². The van der Waals surface area contributed by atoms with Crippen LogP contribution in [0.5, 0.6) is 0 Å². The molecule has 17 heteroatoms. The van der Waals surface area contributed by atoms with Gasteiger partial charge in [-0.3, -0.25) is 43.4 Å². The van der Waals surface area contributed by atoms with Crippen LogP contribution in [0.25, 0.3) is 0 Å². The number of imide groups is 3. The molecule has 0 aromatic rings. The molecule has 0 aromatic carbocycles. The Bertz CT molecular complexity index is 1190. The fourth-order valence-electron chi connectivity index (χ4n) is 3.26. The molecule has 1 N–H and O–H groups in total. The van der Waals surface area contributed by atoms with Gasteiger partial charge in [0, 0.05) is 57.3 Å². The molecular formula is C25H37N4O12S-. The van der Waals surface area contributed by atoms with Crippen molar-refractivity contribution in [2.24, 2.45) is 0 Å². The average molecular weight is 618 g/mol. The number of nitrogens with one attached hydrogen (secondary N) is 1. The highest BCUT2D eigenvalue weighted by Crippen LogP contribution is 2.20. The second-order valence-electron chi connectivity index (χ2n) is 7.88. The lowest BCUT2D eigenvalue weighted by Gasteiger charge is -2.16. The van der Waals surface area contributed by atoms with Crippen molar-refractivity contribution >= 4 is 57.4 Å². The minimum Gasteiger partial charge on any atom is -0.747 e. The number of amides is 7. The van der Waals surface area contributed by atoms with Gasteiger partial charge in [0.15, 0.2) is 0 Å². The zero-order valence-electron chi connectivity index (χ0n) is 22.0. The summed E-state index contributed by atoms with van der Waals surface area (Å²) in [5.74, 6) is -5.32. The first kappa shape index (κ1) is 39.9. The number of rotatable bonds is 10. The molecule has 0 radical (unpaired) electrons. The Morgan fingerprint density at radius 1 is 0.857 bits per heavy atom. The van der Waals surface area contributed by atoms with Gasteiger partial charge in [-0.15, -0.1) is 5.06 Å². The summed E-state index contributed by atoms with van der Waals surface area (Å²) in [6.45, 7) is 4.23. The van der Waals surface area contributed by atoms with Gasteiger partial charge in [-0.1, -0.05) is 28.7 Å². The molecular weight excluding hydrogens is 580 g/mol. The Labute approximate surface area is 244 Å². The van der Waals surface area contributed by atoms with Gasteiger partial charge < -0.3 is 14.7 Å². The topological polar surface area (TPSA) is 225 Å². The molecule has 7 amide bonds. The molecule has 1 atom stereocenters. The van der Waals surface area contributed by atoms with E-state index in [1.807, 2.05) is 13.8 Å². The molecule has 0 bridgehead atoms. The smallest absolute Gasteiger partial charge is 0.333 e. The molecule has 0 aromatic heterocycles. The minimum atomic E-state index is -5.04. The fraction of sp³-hybridized carbons (Fsp3) is 0.520. The third kappa shape index (κ3) is 11.3. The van der Waals surface area contributed by atoms with E-state index in [1.54, 1.807) is 7.05 Å². The highest BCUT2D eigenvalue weighted by Gasteiger charge is 2.45. The molecule has 3 aliphatic rings. The largest absolute Gasteiger partial charge is 0.747 e. The zero-order chi connectivity index (χ0) is 30.6. The number of hydrogen-bond donors (Lipinski definition) is 1. The summed E-state index contributed by atoms with van der Waals surface area (Å²) in [7, 11) is -3.48. The minimum absolute atomic E-state index is 0. The maximum absolute atomic E-state index is 11.6. The molecule has 1 unspecified atom stereocenters. The molecule has 3 aliphatic heterocycles. The standard InChI is InChI=1S/C12H12N2O9S.C9H12N2O3.C2H6.2CH4/c15-8-3-4-9(16)13(8)5-1-2-11(18)23-14-10(17)6-7(12(14)19)24(20,21)22;1-10-7(12)3-2-6-11-8(13)4-5-9(11)14;1-2;;/h3-4,7H,1-2,5-6H2,(H,20,21,22);4-5H,2-3,6H2,1H3,(H,10,12);1-2H3;2*1H4/p-1. The third-order valence-electron chi connectivity index (χ3n) is 5.23. The van der Waals surface area contributed by atoms with Crippen molar-refractivity contribution in [2.75, 3.05) is 20.1 Å². The van der Waals surface area contributed by atoms with Gasteiger partial charge in [-0.25, -0.2) is 13.2 Å². The number of nitrogens with zero attached hydrogens (tertiary/aromatic N) is 3. The van der Waals surface area contributed by atoms with Crippen molar-refractivity contribution < 1.29 is 56.2 Å². The summed E-state index contributed by atoms with van der Waals surface area (Å²) in [4.78, 5) is 96.6. The molecule has 0 spiro atoms. The van der Waals surface area contributed by atoms with Gasteiger partial charge in [-0.05, 0) is 12.8 Å². The quantitative estimate of drug-likeness (QED) is 0.243. The van der Waals surface area contributed by atoms with Gasteiger partial charge in [0.1, 0.15) is 15.4 Å². The van der Waals surface area contributed by atoms with Gasteiger partial charge in [-0.2, -0.15) is 0 Å². The van der Waals surface area contributed by atoms with Crippen LogP contribution in [0.3, 0.4) is 0 Å². The van der Waals surface area contributed by atoms with Gasteiger partial charge >= 0.3 is 5.97 Å². The normalized spacial score (nSPS) is 17.2. The van der Waals surface area contributed by atoms with Crippen molar-refractivity contribution in [3.05, 3.63) is 24.3 Å². The molecule has 0 saturated carbocycles. The number of hydroxylamine groups is 2. The summed E-state index contributed by atoms with van der Waals surface area (Å²) < 4.78 is 32.5. The Morgan fingerprint density at radius 2 is 1.26 bits per heavy atom. The maximum atomic E-state index is 11.6. The highest BCUT2D eigenvalue weighted by molar-refractivity contribution is 7.87. The molecule has 3 heterocycles. The average Bonchev–Trinajstić information content (AvgIpc) is 3.51. The first-order valence-electron chi connectivity index (χ1n) is 12.1. The lowest BCUT2D eigenvalue weighted by Crippen LogP contribution is -2.37. The van der Waals surface area contributed by atoms with Gasteiger partial charge in [0.2, 0.25) is 5.91 Å². The maximum Gasteiger partial charge on any atom is 0.333 e. The van der Waals surface area contributed by atoms with Crippen molar-refractivity contribution in [1.82, 2.24) is 20.2 Å². The van der Waals surface area contributed by atoms with Crippen molar-refractivity contribution in [2.45, 2.75) is 66.1 Å². The first-order chi connectivity index (χ1) is 18.8. The summed E-state index contributed by atoms with van der Waals surface area (Å²) in [6, 6.07) is 0. The molecule has 3 rings (SSSR count). The fourth-order valence-corrected chi connectivity index (χ4v) is 3.95. The third-order valence-corrected chi connectivity index (χ3v) is 6.30. The highest BCUT2D eigenvalue weighted by atomic mass is 32.2. The molecule has 16 nitrogen and oxygen atoms in total. The second kappa shape index (κ2) is 18.2. The molecule has 1 saturated heterocycles. The molecule has 42 heavy (non-hydrogen) atoms. The van der Waals surface area contributed by atoms with E-state index in [2.05, 4.69) is 10.2 Å². The van der Waals surface area contributed by atoms with E-state index < -0.39 is 51.4 Å². The van der Waals surface area contributed by atoms with Crippen LogP contribution in [-0.4, -0.2) is 101 Å². The Balaban J connectivity index is 0. The van der Waals surface area contributed by atoms with Crippen LogP contribution in [0, 0.1) is 0 Å². The number of carbonyl (C=O) groups excluding carboxylic acids is 8. The Hall–Kier alpha value is -4.25. The predicted molar refractivity (Wildman–Crippen MR) is 145 cm³/mol. The van der Waals surface area contributed by atoms with Crippen LogP contribution in [0.1, 0.15) is 60.8 Å². The van der Waals surface area contributed by atoms with E-state index >= 15 is 0 Å². The van der Waals surface area contributed by atoms with Crippen molar-refractivity contribution in [3.63, 3.8) is 0 Å². The van der Waals surface area contributed by atoms with E-state index in [-0.39, 0.29) is 57.0 Å². The second-order valence-corrected chi connectivity index (χ2v) is 9.43. The zero-order valence-corrected chi connectivity index (χ0v) is 22.8. The van der Waals surface area contributed by atoms with Gasteiger partial charge in [0.05, 0.1) is 6.42 Å². The van der Waals surface area contributed by atoms with Crippen LogP contribution in [0.15, 0.2) is 24.3 Å². The van der Waals surface area contributed by atoms with Crippen molar-refractivity contribution in [3.8, 4) is 0 Å². The number of hydrogen-bond acceptors (Lipinski definition) is 12. The summed E-state index contributed by atoms with van der Waals surface area (Å²) in [5.41, 5.74) is 0. The lowest BCUT2D eigenvalue weighted by atomic mass is 10.3. The van der Waals surface area contributed by atoms with Crippen molar-refractivity contribution in [1.29, 1.82) is 0 Å². The van der Waals surface area contributed by atoms with E-state index in [0.29, 0.717) is 19.4 Å². The van der Waals surface area contributed by atoms with Crippen LogP contribution in [-0.2, 0) is 53.3 Å². The summed E-state index contributed by atoms with van der Waals surface area (Å²) in [5, 5.41) is 0.317. The molecule has 1 fully saturated rings. The van der Waals surface area contributed by atoms with Crippen LogP contribution in [0.2, 0.25) is 0 Å². The van der Waals surface area contributed by atoms with E-state index in [0.717, 1.165) is 22.0 Å². The van der Waals surface area contributed by atoms with E-state index in [4.69, 9.17) is 0 Å². The van der Waals surface area contributed by atoms with Crippen LogP contribution < -0.4 is 5.32 Å². The van der Waals surface area contributed by atoms with E-state index in [9.17, 15) is 51.3 Å². The van der Waals surface area contributed by atoms with E-state index in [1.165, 1.54) is 12.2 Å². The van der Waals surface area contributed by atoms with Crippen LogP contribution >= 0.6 is 0 Å². The first-order valence-corrected chi connectivity index (χ1v) is 13.5. The number of carbonyl (C=O) groups is 8. The monoisotopic (exact) mass is 617 g/mol. The Kier molecular flexibility index (Phi) is 17.3. The lowest BCUT2D eigenvalue weighted by molar-refractivity contribution is -0.197. The molecule has 236 valence electrons. The van der Waals surface area contributed by atoms with Gasteiger partial charge in [0.25, 0.3) is 35.4 Å². The Morgan fingerprint density at radius 3 is 1.62 bits per heavy atom. The predicted octanol–water partition coefficient (Wildman–Crippen LogP) is -0.441. The SMILES string of the molecule is C.C.CC.CNC(=O)CCCN1C(=O)C=CC1=O.O=C(CCCN1C(=O)C=CC1=O)ON1C(=O)CC(S(=O)(=O)[O-])C1=O. The molecule has 0 aliphatic carbocycles.